The van der Waals surface area contributed by atoms with Crippen LogP contribution in [0.15, 0.2) is 36.1 Å². The van der Waals surface area contributed by atoms with E-state index in [4.69, 9.17) is 14.3 Å². The highest BCUT2D eigenvalue weighted by molar-refractivity contribution is 5.29. The van der Waals surface area contributed by atoms with Crippen LogP contribution < -0.4 is 4.74 Å². The predicted molar refractivity (Wildman–Crippen MR) is 87.6 cm³/mol. The van der Waals surface area contributed by atoms with Gasteiger partial charge in [-0.15, -0.1) is 0 Å². The lowest BCUT2D eigenvalue weighted by Crippen LogP contribution is -2.06. The summed E-state index contributed by atoms with van der Waals surface area (Å²) in [7, 11) is 1.76. The van der Waals surface area contributed by atoms with E-state index in [1.54, 1.807) is 7.11 Å². The third-order valence-electron chi connectivity index (χ3n) is 3.30. The summed E-state index contributed by atoms with van der Waals surface area (Å²) >= 11 is 0. The SMILES string of the molecule is C=O.CCc1cccc(O/C(C)=C/CC(CC)COC)c1. The third-order valence-corrected chi connectivity index (χ3v) is 3.30. The van der Waals surface area contributed by atoms with E-state index >= 15 is 0 Å². The van der Waals surface area contributed by atoms with E-state index in [0.717, 1.165) is 37.4 Å². The Bertz CT molecular complexity index is 413. The minimum atomic E-state index is 0.575. The van der Waals surface area contributed by atoms with Crippen LogP contribution in [0.5, 0.6) is 5.75 Å². The fourth-order valence-corrected chi connectivity index (χ4v) is 1.98. The summed E-state index contributed by atoms with van der Waals surface area (Å²) in [6, 6.07) is 8.27. The van der Waals surface area contributed by atoms with Gasteiger partial charge in [0.2, 0.25) is 0 Å². The highest BCUT2D eigenvalue weighted by atomic mass is 16.5. The first-order chi connectivity index (χ1) is 10.2. The standard InChI is InChI=1S/C17H26O2.CH2O/c1-5-15-8-7-9-17(12-15)19-14(3)10-11-16(6-2)13-18-4;1-2/h7-10,12,16H,5-6,11,13H2,1-4H3;1H2/b14-10+;. The fourth-order valence-electron chi connectivity index (χ4n) is 1.98. The van der Waals surface area contributed by atoms with Gasteiger partial charge in [0.1, 0.15) is 12.5 Å². The molecule has 1 unspecified atom stereocenters. The first-order valence-corrected chi connectivity index (χ1v) is 7.40. The van der Waals surface area contributed by atoms with Gasteiger partial charge >= 0.3 is 0 Å². The molecule has 1 aromatic rings. The lowest BCUT2D eigenvalue weighted by molar-refractivity contribution is -0.0979. The fraction of sp³-hybridized carbons (Fsp3) is 0.500. The van der Waals surface area contributed by atoms with Crippen LogP contribution in [-0.4, -0.2) is 20.5 Å². The summed E-state index contributed by atoms with van der Waals surface area (Å²) in [5.74, 6) is 2.46. The minimum Gasteiger partial charge on any atom is -0.462 e. The molecule has 0 saturated heterocycles. The van der Waals surface area contributed by atoms with Gasteiger partial charge in [-0.05, 0) is 49.5 Å². The van der Waals surface area contributed by atoms with E-state index in [0.29, 0.717) is 5.92 Å². The molecule has 118 valence electrons. The van der Waals surface area contributed by atoms with Gasteiger partial charge in [0, 0.05) is 13.7 Å². The zero-order valence-electron chi connectivity index (χ0n) is 13.7. The van der Waals surface area contributed by atoms with Gasteiger partial charge in [-0.2, -0.15) is 0 Å². The Hall–Kier alpha value is -1.61. The molecule has 1 atom stereocenters. The van der Waals surface area contributed by atoms with Crippen molar-refractivity contribution in [3.8, 4) is 5.75 Å². The van der Waals surface area contributed by atoms with E-state index in [1.807, 2.05) is 25.8 Å². The van der Waals surface area contributed by atoms with Gasteiger partial charge in [0.05, 0.1) is 5.76 Å². The molecule has 0 aliphatic carbocycles. The topological polar surface area (TPSA) is 35.5 Å². The van der Waals surface area contributed by atoms with Crippen LogP contribution in [0.3, 0.4) is 0 Å². The van der Waals surface area contributed by atoms with Crippen molar-refractivity contribution in [2.45, 2.75) is 40.0 Å². The normalized spacial score (nSPS) is 12.3. The van der Waals surface area contributed by atoms with Gasteiger partial charge in [0.15, 0.2) is 0 Å². The summed E-state index contributed by atoms with van der Waals surface area (Å²) in [5, 5.41) is 0. The number of carbonyl (C=O) groups is 1. The average molecular weight is 292 g/mol. The monoisotopic (exact) mass is 292 g/mol. The van der Waals surface area contributed by atoms with Crippen LogP contribution >= 0.6 is 0 Å². The number of carbonyl (C=O) groups excluding carboxylic acids is 1. The summed E-state index contributed by atoms with van der Waals surface area (Å²) in [6.07, 6.45) is 5.32. The van der Waals surface area contributed by atoms with Crippen molar-refractivity contribution in [1.29, 1.82) is 0 Å². The highest BCUT2D eigenvalue weighted by Gasteiger charge is 2.04. The van der Waals surface area contributed by atoms with E-state index in [-0.39, 0.29) is 0 Å². The molecule has 1 aromatic carbocycles. The van der Waals surface area contributed by atoms with E-state index < -0.39 is 0 Å². The molecule has 0 radical (unpaired) electrons. The molecule has 0 heterocycles. The van der Waals surface area contributed by atoms with Gasteiger partial charge in [-0.3, -0.25) is 0 Å². The Kier molecular flexibility index (Phi) is 11.2. The zero-order chi connectivity index (χ0) is 16.1. The predicted octanol–water partition coefficient (Wildman–Crippen LogP) is 4.41. The second-order valence-corrected chi connectivity index (χ2v) is 4.88. The Morgan fingerprint density at radius 3 is 2.62 bits per heavy atom. The second-order valence-electron chi connectivity index (χ2n) is 4.88. The quantitative estimate of drug-likeness (QED) is 0.666. The molecule has 21 heavy (non-hydrogen) atoms. The molecule has 0 spiro atoms. The van der Waals surface area contributed by atoms with E-state index in [2.05, 4.69) is 32.1 Å². The maximum Gasteiger partial charge on any atom is 0.127 e. The third kappa shape index (κ3) is 8.30. The van der Waals surface area contributed by atoms with Crippen LogP contribution in [-0.2, 0) is 16.0 Å². The van der Waals surface area contributed by atoms with Crippen LogP contribution in [0, 0.1) is 5.92 Å². The molecule has 3 heteroatoms. The van der Waals surface area contributed by atoms with Gasteiger partial charge in [-0.25, -0.2) is 0 Å². The van der Waals surface area contributed by atoms with Crippen molar-refractivity contribution in [3.63, 3.8) is 0 Å². The molecule has 0 N–H and O–H groups in total. The van der Waals surface area contributed by atoms with Crippen molar-refractivity contribution in [1.82, 2.24) is 0 Å². The molecule has 3 nitrogen and oxygen atoms in total. The molecular weight excluding hydrogens is 264 g/mol. The molecule has 1 rings (SSSR count). The summed E-state index contributed by atoms with van der Waals surface area (Å²) in [5.41, 5.74) is 1.30. The minimum absolute atomic E-state index is 0.575. The number of methoxy groups -OCH3 is 1. The highest BCUT2D eigenvalue weighted by Crippen LogP contribution is 2.18. The van der Waals surface area contributed by atoms with Crippen LogP contribution in [0.2, 0.25) is 0 Å². The molecule has 0 amide bonds. The number of benzene rings is 1. The molecule has 0 aliphatic rings. The number of aryl methyl sites for hydroxylation is 1. The summed E-state index contributed by atoms with van der Waals surface area (Å²) in [6.45, 7) is 9.17. The van der Waals surface area contributed by atoms with Gasteiger partial charge in [-0.1, -0.05) is 32.4 Å². The Morgan fingerprint density at radius 1 is 1.33 bits per heavy atom. The average Bonchev–Trinajstić information content (AvgIpc) is 2.53. The van der Waals surface area contributed by atoms with Crippen LogP contribution in [0.4, 0.5) is 0 Å². The lowest BCUT2D eigenvalue weighted by Gasteiger charge is -2.12. The maximum absolute atomic E-state index is 8.00. The molecule has 0 aromatic heterocycles. The summed E-state index contributed by atoms with van der Waals surface area (Å²) < 4.78 is 11.1. The molecule has 0 bridgehead atoms. The number of ether oxygens (including phenoxy) is 2. The molecule has 0 aliphatic heterocycles. The van der Waals surface area contributed by atoms with Gasteiger partial charge in [0.25, 0.3) is 0 Å². The van der Waals surface area contributed by atoms with Crippen molar-refractivity contribution < 1.29 is 14.3 Å². The number of hydrogen-bond acceptors (Lipinski definition) is 3. The lowest BCUT2D eigenvalue weighted by atomic mass is 10.0. The molecular formula is C18H28O3. The number of rotatable bonds is 8. The van der Waals surface area contributed by atoms with Crippen LogP contribution in [0.25, 0.3) is 0 Å². The molecule has 0 saturated carbocycles. The molecule has 0 fully saturated rings. The first-order valence-electron chi connectivity index (χ1n) is 7.40. The smallest absolute Gasteiger partial charge is 0.127 e. The Morgan fingerprint density at radius 2 is 2.05 bits per heavy atom. The Balaban J connectivity index is 0.00000191. The van der Waals surface area contributed by atoms with E-state index in [9.17, 15) is 0 Å². The maximum atomic E-state index is 8.00. The Labute approximate surface area is 129 Å². The van der Waals surface area contributed by atoms with E-state index in [1.165, 1.54) is 5.56 Å². The van der Waals surface area contributed by atoms with Gasteiger partial charge < -0.3 is 14.3 Å². The van der Waals surface area contributed by atoms with Crippen molar-refractivity contribution >= 4 is 6.79 Å². The largest absolute Gasteiger partial charge is 0.462 e. The summed E-state index contributed by atoms with van der Waals surface area (Å²) in [4.78, 5) is 8.00. The van der Waals surface area contributed by atoms with Crippen molar-refractivity contribution in [2.75, 3.05) is 13.7 Å². The van der Waals surface area contributed by atoms with Crippen molar-refractivity contribution in [2.24, 2.45) is 5.92 Å². The number of hydrogen-bond donors (Lipinski definition) is 0. The first kappa shape index (κ1) is 19.4. The zero-order valence-corrected chi connectivity index (χ0v) is 13.7. The van der Waals surface area contributed by atoms with Crippen molar-refractivity contribution in [3.05, 3.63) is 41.7 Å². The second kappa shape index (κ2) is 12.2. The number of allylic oxidation sites excluding steroid dienone is 2. The van der Waals surface area contributed by atoms with Crippen LogP contribution in [0.1, 0.15) is 39.2 Å².